The Hall–Kier alpha value is -2.66. The summed E-state index contributed by atoms with van der Waals surface area (Å²) >= 11 is 1.62. The second-order valence-corrected chi connectivity index (χ2v) is 10.5. The van der Waals surface area contributed by atoms with E-state index in [2.05, 4.69) is 20.1 Å². The molecule has 0 unspecified atom stereocenters. The number of halogens is 4. The van der Waals surface area contributed by atoms with E-state index in [0.717, 1.165) is 61.4 Å². The average Bonchev–Trinajstić information content (AvgIpc) is 3.14. The number of likely N-dealkylation sites (tertiary alicyclic amines) is 1. The molecule has 1 spiro atoms. The van der Waals surface area contributed by atoms with Crippen LogP contribution in [0.5, 0.6) is 0 Å². The predicted molar refractivity (Wildman–Crippen MR) is 125 cm³/mol. The van der Waals surface area contributed by atoms with E-state index in [1.54, 1.807) is 24.0 Å². The SMILES string of the molecule is Cn1c(SCCCN2CC[C@@]3(C[C@H]3c3ccc(C(F)(F)F)cc3F)C2)nnc1-c1ccc(=O)[nH]c1. The monoisotopic (exact) mass is 507 g/mol. The van der Waals surface area contributed by atoms with Crippen LogP contribution in [0.4, 0.5) is 17.6 Å². The molecule has 0 radical (unpaired) electrons. The van der Waals surface area contributed by atoms with Gasteiger partial charge in [-0.15, -0.1) is 10.2 Å². The summed E-state index contributed by atoms with van der Waals surface area (Å²) in [7, 11) is 1.89. The molecule has 11 heteroatoms. The van der Waals surface area contributed by atoms with Gasteiger partial charge in [0.25, 0.3) is 0 Å². The standard InChI is InChI=1S/C24H25F4N5OS/c1-32-21(15-3-6-20(34)29-13-15)30-31-22(32)35-10-2-8-33-9-7-23(14-33)12-18(23)17-5-4-16(11-19(17)25)24(26,27)28/h3-6,11,13,18H,2,7-10,12,14H2,1H3,(H,29,34)/t18-,23+/m0/s1. The van der Waals surface area contributed by atoms with Gasteiger partial charge in [-0.05, 0) is 67.4 Å². The lowest BCUT2D eigenvalue weighted by Gasteiger charge is -2.16. The van der Waals surface area contributed by atoms with Crippen molar-refractivity contribution in [3.8, 4) is 11.4 Å². The van der Waals surface area contributed by atoms with Gasteiger partial charge in [-0.25, -0.2) is 4.39 Å². The van der Waals surface area contributed by atoms with Crippen molar-refractivity contribution in [2.24, 2.45) is 12.5 Å². The van der Waals surface area contributed by atoms with Gasteiger partial charge in [0.15, 0.2) is 11.0 Å². The van der Waals surface area contributed by atoms with Gasteiger partial charge in [0.1, 0.15) is 5.82 Å². The number of aromatic nitrogens is 4. The number of hydrogen-bond donors (Lipinski definition) is 1. The molecule has 186 valence electrons. The zero-order valence-corrected chi connectivity index (χ0v) is 19.9. The van der Waals surface area contributed by atoms with E-state index in [9.17, 15) is 22.4 Å². The summed E-state index contributed by atoms with van der Waals surface area (Å²) in [5.74, 6) is 0.786. The van der Waals surface area contributed by atoms with Gasteiger partial charge in [0.05, 0.1) is 5.56 Å². The summed E-state index contributed by atoms with van der Waals surface area (Å²) in [4.78, 5) is 16.3. The summed E-state index contributed by atoms with van der Waals surface area (Å²) in [5, 5.41) is 9.28. The van der Waals surface area contributed by atoms with Gasteiger partial charge in [-0.1, -0.05) is 17.8 Å². The topological polar surface area (TPSA) is 66.8 Å². The van der Waals surface area contributed by atoms with Gasteiger partial charge in [-0.3, -0.25) is 4.79 Å². The maximum absolute atomic E-state index is 14.4. The maximum Gasteiger partial charge on any atom is 0.416 e. The lowest BCUT2D eigenvalue weighted by Crippen LogP contribution is -2.23. The highest BCUT2D eigenvalue weighted by Crippen LogP contribution is 2.64. The molecule has 1 aliphatic heterocycles. The molecular weight excluding hydrogens is 482 g/mol. The Bertz CT molecular complexity index is 1270. The highest BCUT2D eigenvalue weighted by atomic mass is 32.2. The highest BCUT2D eigenvalue weighted by Gasteiger charge is 2.58. The lowest BCUT2D eigenvalue weighted by atomic mass is 9.97. The number of hydrogen-bond acceptors (Lipinski definition) is 5. The predicted octanol–water partition coefficient (Wildman–Crippen LogP) is 4.69. The summed E-state index contributed by atoms with van der Waals surface area (Å²) < 4.78 is 54.8. The Morgan fingerprint density at radius 3 is 2.77 bits per heavy atom. The van der Waals surface area contributed by atoms with Crippen LogP contribution in [0.25, 0.3) is 11.4 Å². The first-order valence-corrected chi connectivity index (χ1v) is 12.5. The molecule has 0 bridgehead atoms. The summed E-state index contributed by atoms with van der Waals surface area (Å²) in [6.07, 6.45) is -0.201. The van der Waals surface area contributed by atoms with E-state index < -0.39 is 17.6 Å². The number of aromatic amines is 1. The Morgan fingerprint density at radius 2 is 2.06 bits per heavy atom. The van der Waals surface area contributed by atoms with E-state index in [0.29, 0.717) is 17.5 Å². The smallest absolute Gasteiger partial charge is 0.328 e. The molecule has 2 aromatic heterocycles. The Morgan fingerprint density at radius 1 is 1.23 bits per heavy atom. The maximum atomic E-state index is 14.4. The van der Waals surface area contributed by atoms with E-state index in [-0.39, 0.29) is 16.9 Å². The van der Waals surface area contributed by atoms with Crippen molar-refractivity contribution < 1.29 is 17.6 Å². The molecule has 5 rings (SSSR count). The molecule has 3 heterocycles. The first-order chi connectivity index (χ1) is 16.7. The second-order valence-electron chi connectivity index (χ2n) is 9.39. The molecule has 35 heavy (non-hydrogen) atoms. The molecule has 3 aromatic rings. The summed E-state index contributed by atoms with van der Waals surface area (Å²) in [6, 6.07) is 6.10. The Balaban J connectivity index is 1.11. The minimum absolute atomic E-state index is 0.00542. The molecule has 2 fully saturated rings. The van der Waals surface area contributed by atoms with Crippen LogP contribution >= 0.6 is 11.8 Å². The van der Waals surface area contributed by atoms with Gasteiger partial charge >= 0.3 is 6.18 Å². The molecule has 6 nitrogen and oxygen atoms in total. The molecule has 1 N–H and O–H groups in total. The third-order valence-electron chi connectivity index (χ3n) is 7.08. The number of nitrogens with one attached hydrogen (secondary N) is 1. The number of nitrogens with zero attached hydrogens (tertiary/aromatic N) is 4. The van der Waals surface area contributed by atoms with E-state index in [1.807, 2.05) is 11.6 Å². The number of rotatable bonds is 7. The van der Waals surface area contributed by atoms with Crippen LogP contribution in [0.1, 0.15) is 36.3 Å². The molecule has 1 aliphatic carbocycles. The van der Waals surface area contributed by atoms with E-state index >= 15 is 0 Å². The quantitative estimate of drug-likeness (QED) is 0.286. The number of H-pyrrole nitrogens is 1. The van der Waals surface area contributed by atoms with E-state index in [4.69, 9.17) is 0 Å². The van der Waals surface area contributed by atoms with Gasteiger partial charge < -0.3 is 14.5 Å². The largest absolute Gasteiger partial charge is 0.416 e. The number of benzene rings is 1. The van der Waals surface area contributed by atoms with Gasteiger partial charge in [0, 0.05) is 37.2 Å². The minimum atomic E-state index is -4.53. The normalized spacial score (nSPS) is 22.3. The third kappa shape index (κ3) is 4.88. The minimum Gasteiger partial charge on any atom is -0.328 e. The van der Waals surface area contributed by atoms with Crippen molar-refractivity contribution in [3.05, 3.63) is 63.8 Å². The van der Waals surface area contributed by atoms with Crippen molar-refractivity contribution in [3.63, 3.8) is 0 Å². The number of alkyl halides is 3. The molecule has 1 saturated carbocycles. The van der Waals surface area contributed by atoms with Crippen LogP contribution in [-0.2, 0) is 13.2 Å². The Kier molecular flexibility index (Phi) is 6.25. The van der Waals surface area contributed by atoms with Crippen molar-refractivity contribution in [2.75, 3.05) is 25.4 Å². The van der Waals surface area contributed by atoms with Gasteiger partial charge in [-0.2, -0.15) is 13.2 Å². The van der Waals surface area contributed by atoms with Gasteiger partial charge in [0.2, 0.25) is 5.56 Å². The molecule has 2 aliphatic rings. The zero-order chi connectivity index (χ0) is 24.8. The van der Waals surface area contributed by atoms with Crippen LogP contribution in [-0.4, -0.2) is 50.0 Å². The lowest BCUT2D eigenvalue weighted by molar-refractivity contribution is -0.137. The van der Waals surface area contributed by atoms with Crippen molar-refractivity contribution in [2.45, 2.75) is 36.5 Å². The fraction of sp³-hybridized carbons (Fsp3) is 0.458. The van der Waals surface area contributed by atoms with Crippen molar-refractivity contribution >= 4 is 11.8 Å². The van der Waals surface area contributed by atoms with Crippen molar-refractivity contribution in [1.82, 2.24) is 24.6 Å². The molecule has 1 saturated heterocycles. The van der Waals surface area contributed by atoms with Crippen LogP contribution in [0, 0.1) is 11.2 Å². The third-order valence-corrected chi connectivity index (χ3v) is 8.19. The molecule has 2 atom stereocenters. The zero-order valence-electron chi connectivity index (χ0n) is 19.1. The van der Waals surface area contributed by atoms with E-state index in [1.165, 1.54) is 12.1 Å². The van der Waals surface area contributed by atoms with Crippen LogP contribution < -0.4 is 5.56 Å². The second kappa shape index (κ2) is 9.09. The van der Waals surface area contributed by atoms with Crippen LogP contribution in [0.3, 0.4) is 0 Å². The summed E-state index contributed by atoms with van der Waals surface area (Å²) in [5.41, 5.74) is 0.0836. The average molecular weight is 508 g/mol. The molecule has 1 aromatic carbocycles. The molecule has 0 amide bonds. The first kappa shape index (κ1) is 24.1. The number of thioether (sulfide) groups is 1. The summed E-state index contributed by atoms with van der Waals surface area (Å²) in [6.45, 7) is 2.68. The fourth-order valence-electron chi connectivity index (χ4n) is 5.09. The highest BCUT2D eigenvalue weighted by molar-refractivity contribution is 7.99. The van der Waals surface area contributed by atoms with Crippen LogP contribution in [0.2, 0.25) is 0 Å². The Labute approximate surface area is 203 Å². The van der Waals surface area contributed by atoms with Crippen molar-refractivity contribution in [1.29, 1.82) is 0 Å². The van der Waals surface area contributed by atoms with Crippen LogP contribution in [0.15, 0.2) is 46.5 Å². The first-order valence-electron chi connectivity index (χ1n) is 11.5. The number of pyridine rings is 1. The fourth-order valence-corrected chi connectivity index (χ4v) is 5.93. The molecular formula is C24H25F4N5OS.